The Morgan fingerprint density at radius 2 is 1.71 bits per heavy atom. The number of ether oxygens (including phenoxy) is 3. The molecular formula is C19H20FNO3. The summed E-state index contributed by atoms with van der Waals surface area (Å²) in [6.07, 6.45) is 1.11. The summed E-state index contributed by atoms with van der Waals surface area (Å²) >= 11 is 0. The van der Waals surface area contributed by atoms with Crippen molar-refractivity contribution in [3.8, 4) is 16.9 Å². The Bertz CT molecular complexity index is 645. The van der Waals surface area contributed by atoms with E-state index < -0.39 is 6.67 Å². The molecule has 1 aliphatic rings. The third kappa shape index (κ3) is 4.63. The Labute approximate surface area is 140 Å². The lowest BCUT2D eigenvalue weighted by molar-refractivity contribution is -0.0219. The molecule has 0 N–H and O–H groups in total. The Morgan fingerprint density at radius 1 is 0.958 bits per heavy atom. The molecule has 4 nitrogen and oxygen atoms in total. The van der Waals surface area contributed by atoms with E-state index in [-0.39, 0.29) is 18.9 Å². The lowest BCUT2D eigenvalue weighted by Crippen LogP contribution is -2.24. The first kappa shape index (κ1) is 16.6. The van der Waals surface area contributed by atoms with Crippen molar-refractivity contribution in [2.45, 2.75) is 12.3 Å². The summed E-state index contributed by atoms with van der Waals surface area (Å²) in [6.45, 7) is 0.245. The van der Waals surface area contributed by atoms with E-state index in [4.69, 9.17) is 14.2 Å². The predicted molar refractivity (Wildman–Crippen MR) is 91.3 cm³/mol. The van der Waals surface area contributed by atoms with Gasteiger partial charge in [-0.3, -0.25) is 4.99 Å². The van der Waals surface area contributed by atoms with Gasteiger partial charge in [0.25, 0.3) is 0 Å². The molecule has 1 unspecified atom stereocenters. The van der Waals surface area contributed by atoms with Crippen LogP contribution in [0.25, 0.3) is 11.1 Å². The molecule has 2 aromatic rings. The van der Waals surface area contributed by atoms with Crippen LogP contribution >= 0.6 is 0 Å². The third-order valence-electron chi connectivity index (χ3n) is 3.61. The van der Waals surface area contributed by atoms with E-state index in [1.165, 1.54) is 5.56 Å². The monoisotopic (exact) mass is 329 g/mol. The van der Waals surface area contributed by atoms with E-state index in [9.17, 15) is 4.39 Å². The highest BCUT2D eigenvalue weighted by Gasteiger charge is 2.21. The van der Waals surface area contributed by atoms with Crippen LogP contribution in [0.15, 0.2) is 59.6 Å². The molecule has 0 saturated carbocycles. The Hall–Kier alpha value is -2.24. The number of hydrogen-bond donors (Lipinski definition) is 0. The normalized spacial score (nSPS) is 19.5. The fraction of sp³-hybridized carbons (Fsp3) is 0.316. The van der Waals surface area contributed by atoms with E-state index in [1.807, 2.05) is 42.5 Å². The van der Waals surface area contributed by atoms with Crippen molar-refractivity contribution in [1.82, 2.24) is 0 Å². The average molecular weight is 329 g/mol. The summed E-state index contributed by atoms with van der Waals surface area (Å²) in [5, 5.41) is 0. The summed E-state index contributed by atoms with van der Waals surface area (Å²) in [5.74, 6) is 0.769. The molecule has 0 amide bonds. The molecule has 24 heavy (non-hydrogen) atoms. The number of halogens is 1. The highest BCUT2D eigenvalue weighted by atomic mass is 19.1. The molecule has 2 atom stereocenters. The van der Waals surface area contributed by atoms with Crippen LogP contribution in [0, 0.1) is 0 Å². The maximum Gasteiger partial charge on any atom is 0.182 e. The summed E-state index contributed by atoms with van der Waals surface area (Å²) in [5.41, 5.74) is 2.31. The van der Waals surface area contributed by atoms with Crippen molar-refractivity contribution in [2.24, 2.45) is 4.99 Å². The fourth-order valence-corrected chi connectivity index (χ4v) is 2.42. The highest BCUT2D eigenvalue weighted by molar-refractivity contribution is 5.65. The topological polar surface area (TPSA) is 40.0 Å². The minimum Gasteiger partial charge on any atom is -0.489 e. The van der Waals surface area contributed by atoms with Gasteiger partial charge >= 0.3 is 0 Å². The van der Waals surface area contributed by atoms with Gasteiger partial charge in [-0.25, -0.2) is 4.39 Å². The predicted octanol–water partition coefficient (Wildman–Crippen LogP) is 3.51. The van der Waals surface area contributed by atoms with Crippen LogP contribution in [0.2, 0.25) is 0 Å². The van der Waals surface area contributed by atoms with Crippen LogP contribution in [0.1, 0.15) is 0 Å². The third-order valence-corrected chi connectivity index (χ3v) is 3.61. The molecule has 0 aromatic heterocycles. The van der Waals surface area contributed by atoms with E-state index >= 15 is 0 Å². The van der Waals surface area contributed by atoms with Gasteiger partial charge in [0, 0.05) is 6.21 Å². The number of benzene rings is 2. The maximum absolute atomic E-state index is 12.0. The minimum atomic E-state index is -0.491. The van der Waals surface area contributed by atoms with E-state index in [1.54, 1.807) is 6.21 Å². The Kier molecular flexibility index (Phi) is 5.93. The lowest BCUT2D eigenvalue weighted by atomic mass is 10.1. The van der Waals surface area contributed by atoms with E-state index in [0.717, 1.165) is 11.3 Å². The van der Waals surface area contributed by atoms with Crippen LogP contribution in [0.4, 0.5) is 4.39 Å². The zero-order valence-corrected chi connectivity index (χ0v) is 13.3. The zero-order chi connectivity index (χ0) is 16.6. The van der Waals surface area contributed by atoms with Gasteiger partial charge in [-0.2, -0.15) is 0 Å². The van der Waals surface area contributed by atoms with Crippen LogP contribution in [0.3, 0.4) is 0 Å². The number of hydrogen-bond acceptors (Lipinski definition) is 4. The molecular weight excluding hydrogens is 309 g/mol. The summed E-state index contributed by atoms with van der Waals surface area (Å²) < 4.78 is 28.4. The molecule has 5 heteroatoms. The standard InChI is InChI=1S/C19H20FNO3/c20-10-11-22-13-18-12-21-19(24-18)14-23-17-8-6-16(7-9-17)15-4-2-1-3-5-15/h1-9,12,18-19H,10-11,13-14H2/t18?,19-/m0/s1. The number of rotatable bonds is 8. The SMILES string of the molecule is FCCOCC1C=N[C@H](COc2ccc(-c3ccccc3)cc2)O1. The summed E-state index contributed by atoms with van der Waals surface area (Å²) in [6, 6.07) is 18.1. The molecule has 1 aliphatic heterocycles. The van der Waals surface area contributed by atoms with Gasteiger partial charge in [-0.15, -0.1) is 0 Å². The fourth-order valence-electron chi connectivity index (χ4n) is 2.42. The maximum atomic E-state index is 12.0. The zero-order valence-electron chi connectivity index (χ0n) is 13.3. The number of nitrogens with zero attached hydrogens (tertiary/aromatic N) is 1. The largest absolute Gasteiger partial charge is 0.489 e. The average Bonchev–Trinajstić information content (AvgIpc) is 3.09. The van der Waals surface area contributed by atoms with Crippen LogP contribution < -0.4 is 4.74 Å². The first-order chi connectivity index (χ1) is 11.8. The molecule has 1 heterocycles. The Morgan fingerprint density at radius 3 is 2.46 bits per heavy atom. The van der Waals surface area contributed by atoms with Crippen molar-refractivity contribution >= 4 is 6.21 Å². The van der Waals surface area contributed by atoms with Gasteiger partial charge in [0.05, 0.1) is 13.2 Å². The van der Waals surface area contributed by atoms with Crippen LogP contribution in [-0.2, 0) is 9.47 Å². The molecule has 0 saturated heterocycles. The first-order valence-corrected chi connectivity index (χ1v) is 7.96. The van der Waals surface area contributed by atoms with Gasteiger partial charge in [-0.1, -0.05) is 42.5 Å². The molecule has 126 valence electrons. The molecule has 2 aromatic carbocycles. The van der Waals surface area contributed by atoms with E-state index in [2.05, 4.69) is 17.1 Å². The second-order valence-corrected chi connectivity index (χ2v) is 5.39. The summed E-state index contributed by atoms with van der Waals surface area (Å²) in [4.78, 5) is 4.23. The van der Waals surface area contributed by atoms with Crippen molar-refractivity contribution in [2.75, 3.05) is 26.5 Å². The Balaban J connectivity index is 1.45. The smallest absolute Gasteiger partial charge is 0.182 e. The molecule has 3 rings (SSSR count). The molecule has 0 radical (unpaired) electrons. The van der Waals surface area contributed by atoms with Crippen LogP contribution in [0.5, 0.6) is 5.75 Å². The minimum absolute atomic E-state index is 0.0859. The molecule has 0 spiro atoms. The molecule has 0 aliphatic carbocycles. The van der Waals surface area contributed by atoms with E-state index in [0.29, 0.717) is 13.2 Å². The molecule has 0 fully saturated rings. The lowest BCUT2D eigenvalue weighted by Gasteiger charge is -2.13. The van der Waals surface area contributed by atoms with Crippen molar-refractivity contribution in [1.29, 1.82) is 0 Å². The second-order valence-electron chi connectivity index (χ2n) is 5.39. The van der Waals surface area contributed by atoms with Gasteiger partial charge < -0.3 is 14.2 Å². The van der Waals surface area contributed by atoms with Gasteiger partial charge in [-0.05, 0) is 23.3 Å². The van der Waals surface area contributed by atoms with Gasteiger partial charge in [0.2, 0.25) is 0 Å². The number of alkyl halides is 1. The van der Waals surface area contributed by atoms with Crippen molar-refractivity contribution in [3.63, 3.8) is 0 Å². The molecule has 0 bridgehead atoms. The second kappa shape index (κ2) is 8.57. The first-order valence-electron chi connectivity index (χ1n) is 7.96. The van der Waals surface area contributed by atoms with Crippen molar-refractivity contribution < 1.29 is 18.6 Å². The van der Waals surface area contributed by atoms with Crippen LogP contribution in [-0.4, -0.2) is 45.0 Å². The number of aliphatic imine (C=N–C) groups is 1. The van der Waals surface area contributed by atoms with Gasteiger partial charge in [0.1, 0.15) is 25.1 Å². The van der Waals surface area contributed by atoms with Gasteiger partial charge in [0.15, 0.2) is 6.23 Å². The quantitative estimate of drug-likeness (QED) is 0.696. The van der Waals surface area contributed by atoms with Crippen molar-refractivity contribution in [3.05, 3.63) is 54.6 Å². The summed E-state index contributed by atoms with van der Waals surface area (Å²) in [7, 11) is 0. The highest BCUT2D eigenvalue weighted by Crippen LogP contribution is 2.22.